The zero-order valence-electron chi connectivity index (χ0n) is 13.1. The van der Waals surface area contributed by atoms with Gasteiger partial charge in [-0.15, -0.1) is 0 Å². The normalized spacial score (nSPS) is 16.6. The molecular weight excluding hydrogens is 286 g/mol. The van der Waals surface area contributed by atoms with Gasteiger partial charge in [0, 0.05) is 32.2 Å². The molecule has 122 valence electrons. The molecule has 0 unspecified atom stereocenters. The van der Waals surface area contributed by atoms with Crippen LogP contribution in [-0.4, -0.2) is 66.7 Å². The third-order valence-electron chi connectivity index (χ3n) is 4.07. The van der Waals surface area contributed by atoms with Crippen molar-refractivity contribution in [3.8, 4) is 11.5 Å². The van der Waals surface area contributed by atoms with Crippen LogP contribution in [0.3, 0.4) is 0 Å². The van der Waals surface area contributed by atoms with Gasteiger partial charge in [0.25, 0.3) is 0 Å². The van der Waals surface area contributed by atoms with Crippen molar-refractivity contribution in [2.45, 2.75) is 12.8 Å². The molecule has 0 radical (unpaired) electrons. The number of methoxy groups -OCH3 is 1. The number of nitro groups is 1. The van der Waals surface area contributed by atoms with E-state index >= 15 is 0 Å². The van der Waals surface area contributed by atoms with Crippen molar-refractivity contribution in [3.63, 3.8) is 0 Å². The molecule has 0 atom stereocenters. The molecule has 7 heteroatoms. The Bertz CT molecular complexity index is 528. The van der Waals surface area contributed by atoms with Gasteiger partial charge in [-0.25, -0.2) is 0 Å². The topological polar surface area (TPSA) is 79.1 Å². The fourth-order valence-corrected chi connectivity index (χ4v) is 2.67. The van der Waals surface area contributed by atoms with E-state index in [1.165, 1.54) is 13.2 Å². The van der Waals surface area contributed by atoms with Crippen molar-refractivity contribution < 1.29 is 14.8 Å². The van der Waals surface area contributed by atoms with Gasteiger partial charge in [-0.1, -0.05) is 0 Å². The van der Waals surface area contributed by atoms with E-state index in [4.69, 9.17) is 4.74 Å². The highest BCUT2D eigenvalue weighted by atomic mass is 16.6. The minimum Gasteiger partial charge on any atom is -0.500 e. The summed E-state index contributed by atoms with van der Waals surface area (Å²) in [7, 11) is 3.52. The molecule has 22 heavy (non-hydrogen) atoms. The number of nitrogens with zero attached hydrogens (tertiary/aromatic N) is 3. The lowest BCUT2D eigenvalue weighted by Crippen LogP contribution is -2.44. The lowest BCUT2D eigenvalue weighted by Gasteiger charge is -2.32. The van der Waals surface area contributed by atoms with E-state index in [1.54, 1.807) is 6.07 Å². The molecule has 0 aliphatic carbocycles. The van der Waals surface area contributed by atoms with Gasteiger partial charge >= 0.3 is 5.69 Å². The molecule has 1 saturated heterocycles. The van der Waals surface area contributed by atoms with Crippen LogP contribution in [-0.2, 0) is 6.42 Å². The maximum absolute atomic E-state index is 11.0. The number of hydrogen-bond donors (Lipinski definition) is 1. The lowest BCUT2D eigenvalue weighted by atomic mass is 10.1. The molecule has 1 fully saturated rings. The highest BCUT2D eigenvalue weighted by Crippen LogP contribution is 2.37. The number of aromatic hydroxyl groups is 1. The minimum atomic E-state index is -0.582. The van der Waals surface area contributed by atoms with Gasteiger partial charge in [-0.2, -0.15) is 0 Å². The first kappa shape index (κ1) is 16.5. The van der Waals surface area contributed by atoms with Gasteiger partial charge in [-0.3, -0.25) is 10.1 Å². The van der Waals surface area contributed by atoms with Crippen molar-refractivity contribution in [2.24, 2.45) is 0 Å². The smallest absolute Gasteiger partial charge is 0.314 e. The summed E-state index contributed by atoms with van der Waals surface area (Å²) in [5.41, 5.74) is 0.518. The molecule has 7 nitrogen and oxygen atoms in total. The number of phenols is 1. The van der Waals surface area contributed by atoms with Crippen LogP contribution in [0.5, 0.6) is 11.5 Å². The Hall–Kier alpha value is -1.86. The summed E-state index contributed by atoms with van der Waals surface area (Å²) < 4.78 is 5.01. The SMILES string of the molecule is COc1cc(CCCN2CCN(C)CC2)cc([N+](=O)[O-])c1O. The first-order valence-corrected chi connectivity index (χ1v) is 7.46. The number of benzene rings is 1. The molecule has 0 aromatic heterocycles. The van der Waals surface area contributed by atoms with Gasteiger partial charge in [-0.05, 0) is 38.1 Å². The Morgan fingerprint density at radius 3 is 2.59 bits per heavy atom. The lowest BCUT2D eigenvalue weighted by molar-refractivity contribution is -0.386. The van der Waals surface area contributed by atoms with E-state index < -0.39 is 10.7 Å². The molecule has 0 amide bonds. The molecule has 1 aromatic rings. The van der Waals surface area contributed by atoms with Crippen molar-refractivity contribution in [3.05, 3.63) is 27.8 Å². The summed E-state index contributed by atoms with van der Waals surface area (Å²) in [4.78, 5) is 15.1. The molecule has 1 aromatic carbocycles. The van der Waals surface area contributed by atoms with Gasteiger partial charge in [0.1, 0.15) is 0 Å². The highest BCUT2D eigenvalue weighted by Gasteiger charge is 2.20. The average molecular weight is 309 g/mol. The Morgan fingerprint density at radius 1 is 1.32 bits per heavy atom. The maximum Gasteiger partial charge on any atom is 0.314 e. The average Bonchev–Trinajstić information content (AvgIpc) is 2.50. The highest BCUT2D eigenvalue weighted by molar-refractivity contribution is 5.57. The van der Waals surface area contributed by atoms with Crippen LogP contribution in [0.1, 0.15) is 12.0 Å². The zero-order valence-corrected chi connectivity index (χ0v) is 13.1. The second kappa shape index (κ2) is 7.42. The number of nitro benzene ring substituents is 1. The fourth-order valence-electron chi connectivity index (χ4n) is 2.67. The molecule has 0 saturated carbocycles. The summed E-state index contributed by atoms with van der Waals surface area (Å²) in [5.74, 6) is -0.251. The Balaban J connectivity index is 1.95. The number of piperazine rings is 1. The van der Waals surface area contributed by atoms with E-state index in [2.05, 4.69) is 16.8 Å². The Kier molecular flexibility index (Phi) is 5.57. The molecule has 1 aliphatic heterocycles. The first-order valence-electron chi connectivity index (χ1n) is 7.46. The fraction of sp³-hybridized carbons (Fsp3) is 0.600. The van der Waals surface area contributed by atoms with Gasteiger partial charge in [0.05, 0.1) is 12.0 Å². The molecule has 1 aliphatic rings. The van der Waals surface area contributed by atoms with Crippen LogP contribution in [0.2, 0.25) is 0 Å². The molecule has 1 N–H and O–H groups in total. The quantitative estimate of drug-likeness (QED) is 0.633. The number of aryl methyl sites for hydroxylation is 1. The predicted octanol–water partition coefficient (Wildman–Crippen LogP) is 1.49. The van der Waals surface area contributed by atoms with Crippen molar-refractivity contribution >= 4 is 5.69 Å². The van der Waals surface area contributed by atoms with Crippen molar-refractivity contribution in [1.29, 1.82) is 0 Å². The standard InChI is InChI=1S/C15H23N3O4/c1-16-6-8-17(9-7-16)5-3-4-12-10-13(18(20)21)15(19)14(11-12)22-2/h10-11,19H,3-9H2,1-2H3. The predicted molar refractivity (Wildman–Crippen MR) is 83.6 cm³/mol. The van der Waals surface area contributed by atoms with E-state index in [0.29, 0.717) is 0 Å². The van der Waals surface area contributed by atoms with E-state index in [0.717, 1.165) is 51.1 Å². The van der Waals surface area contributed by atoms with Crippen molar-refractivity contribution in [1.82, 2.24) is 9.80 Å². The van der Waals surface area contributed by atoms with E-state index in [-0.39, 0.29) is 11.4 Å². The number of hydrogen-bond acceptors (Lipinski definition) is 6. The van der Waals surface area contributed by atoms with Crippen LogP contribution in [0.25, 0.3) is 0 Å². The van der Waals surface area contributed by atoms with Gasteiger partial charge in [0.2, 0.25) is 5.75 Å². The monoisotopic (exact) mass is 309 g/mol. The largest absolute Gasteiger partial charge is 0.500 e. The summed E-state index contributed by atoms with van der Waals surface area (Å²) in [6.45, 7) is 5.27. The van der Waals surface area contributed by atoms with Crippen LogP contribution in [0.4, 0.5) is 5.69 Å². The van der Waals surface area contributed by atoms with Crippen LogP contribution >= 0.6 is 0 Å². The Labute approximate surface area is 130 Å². The molecule has 1 heterocycles. The van der Waals surface area contributed by atoms with E-state index in [9.17, 15) is 15.2 Å². The van der Waals surface area contributed by atoms with Crippen molar-refractivity contribution in [2.75, 3.05) is 46.9 Å². The number of rotatable bonds is 6. The second-order valence-corrected chi connectivity index (χ2v) is 5.67. The summed E-state index contributed by atoms with van der Waals surface area (Å²) in [6, 6.07) is 3.11. The molecule has 0 bridgehead atoms. The summed E-state index contributed by atoms with van der Waals surface area (Å²) >= 11 is 0. The van der Waals surface area contributed by atoms with Gasteiger partial charge in [0.15, 0.2) is 5.75 Å². The third-order valence-corrected chi connectivity index (χ3v) is 4.07. The number of ether oxygens (including phenoxy) is 1. The van der Waals surface area contributed by atoms with E-state index in [1.807, 2.05) is 0 Å². The van der Waals surface area contributed by atoms with Crippen LogP contribution < -0.4 is 4.74 Å². The molecule has 2 rings (SSSR count). The summed E-state index contributed by atoms with van der Waals surface area (Å²) in [6.07, 6.45) is 1.65. The number of likely N-dealkylation sites (N-methyl/N-ethyl adjacent to an activating group) is 1. The number of phenolic OH excluding ortho intramolecular Hbond substituents is 1. The first-order chi connectivity index (χ1) is 10.5. The minimum absolute atomic E-state index is 0.156. The molecule has 0 spiro atoms. The third kappa shape index (κ3) is 4.08. The van der Waals surface area contributed by atoms with Gasteiger partial charge < -0.3 is 19.6 Å². The molecular formula is C15H23N3O4. The Morgan fingerprint density at radius 2 is 2.00 bits per heavy atom. The zero-order chi connectivity index (χ0) is 16.1. The summed E-state index contributed by atoms with van der Waals surface area (Å²) in [5, 5.41) is 20.7. The van der Waals surface area contributed by atoms with Crippen LogP contribution in [0, 0.1) is 10.1 Å². The second-order valence-electron chi connectivity index (χ2n) is 5.67. The maximum atomic E-state index is 11.0. The van der Waals surface area contributed by atoms with Crippen LogP contribution in [0.15, 0.2) is 12.1 Å².